The highest BCUT2D eigenvalue weighted by Gasteiger charge is 2.23. The number of nitrogens with zero attached hydrogens (tertiary/aromatic N) is 2. The number of aryl methyl sites for hydroxylation is 2. The van der Waals surface area contributed by atoms with Gasteiger partial charge in [0.25, 0.3) is 0 Å². The van der Waals surface area contributed by atoms with E-state index < -0.39 is 0 Å². The molecule has 0 aromatic heterocycles. The maximum Gasteiger partial charge on any atom is 0.317 e. The van der Waals surface area contributed by atoms with Gasteiger partial charge in [-0.2, -0.15) is 0 Å². The Balaban J connectivity index is 1.46. The van der Waals surface area contributed by atoms with Gasteiger partial charge in [0.05, 0.1) is 6.54 Å². The molecule has 1 aliphatic rings. The summed E-state index contributed by atoms with van der Waals surface area (Å²) in [6.07, 6.45) is 0. The highest BCUT2D eigenvalue weighted by molar-refractivity contribution is 5.99. The zero-order valence-corrected chi connectivity index (χ0v) is 16.1. The third-order valence-electron chi connectivity index (χ3n) is 5.01. The highest BCUT2D eigenvalue weighted by atomic mass is 16.2. The first kappa shape index (κ1) is 19.1. The Kier molecular flexibility index (Phi) is 6.24. The van der Waals surface area contributed by atoms with E-state index in [1.165, 1.54) is 0 Å². The molecule has 2 aromatic rings. The number of carbonyl (C=O) groups excluding carboxylic acids is 2. The lowest BCUT2D eigenvalue weighted by Gasteiger charge is -2.34. The molecular weight excluding hydrogens is 338 g/mol. The smallest absolute Gasteiger partial charge is 0.317 e. The van der Waals surface area contributed by atoms with E-state index in [2.05, 4.69) is 10.2 Å². The molecule has 5 heteroatoms. The van der Waals surface area contributed by atoms with Crippen LogP contribution in [0.25, 0.3) is 0 Å². The Morgan fingerprint density at radius 1 is 0.963 bits per heavy atom. The lowest BCUT2D eigenvalue weighted by Crippen LogP contribution is -2.52. The minimum atomic E-state index is -0.0423. The van der Waals surface area contributed by atoms with E-state index in [9.17, 15) is 9.59 Å². The number of hydrogen-bond acceptors (Lipinski definition) is 3. The number of benzene rings is 2. The summed E-state index contributed by atoms with van der Waals surface area (Å²) in [5.41, 5.74) is 4.01. The van der Waals surface area contributed by atoms with Gasteiger partial charge in [-0.25, -0.2) is 4.79 Å². The quantitative estimate of drug-likeness (QED) is 0.829. The van der Waals surface area contributed by atoms with Gasteiger partial charge in [-0.05, 0) is 31.0 Å². The Hall–Kier alpha value is -2.66. The molecule has 2 amide bonds. The van der Waals surface area contributed by atoms with Crippen molar-refractivity contribution in [2.24, 2.45) is 0 Å². The lowest BCUT2D eigenvalue weighted by molar-refractivity contribution is 0.0877. The average molecular weight is 365 g/mol. The van der Waals surface area contributed by atoms with Gasteiger partial charge in [0, 0.05) is 38.3 Å². The molecule has 3 rings (SSSR count). The summed E-state index contributed by atoms with van der Waals surface area (Å²) in [7, 11) is 0. The predicted octanol–water partition coefficient (Wildman–Crippen LogP) is 3.01. The van der Waals surface area contributed by atoms with E-state index in [-0.39, 0.29) is 11.8 Å². The van der Waals surface area contributed by atoms with Crippen molar-refractivity contribution in [1.82, 2.24) is 15.1 Å². The molecule has 27 heavy (non-hydrogen) atoms. The summed E-state index contributed by atoms with van der Waals surface area (Å²) in [6, 6.07) is 15.8. The van der Waals surface area contributed by atoms with E-state index in [0.717, 1.165) is 35.3 Å². The monoisotopic (exact) mass is 365 g/mol. The van der Waals surface area contributed by atoms with E-state index in [1.807, 2.05) is 67.3 Å². The SMILES string of the molecule is Cc1ccc(C)c(C(=O)CN2CCN(C(=O)NCc3ccccc3)CC2)c1. The Bertz CT molecular complexity index is 796. The second-order valence-corrected chi connectivity index (χ2v) is 7.15. The van der Waals surface area contributed by atoms with Crippen LogP contribution in [0.5, 0.6) is 0 Å². The fraction of sp³-hybridized carbons (Fsp3) is 0.364. The third kappa shape index (κ3) is 5.17. The summed E-state index contributed by atoms with van der Waals surface area (Å²) >= 11 is 0. The fourth-order valence-corrected chi connectivity index (χ4v) is 3.32. The number of ketones is 1. The summed E-state index contributed by atoms with van der Waals surface area (Å²) in [5.74, 6) is 0.151. The van der Waals surface area contributed by atoms with Crippen LogP contribution < -0.4 is 5.32 Å². The minimum absolute atomic E-state index is 0.0423. The summed E-state index contributed by atoms with van der Waals surface area (Å²) in [5, 5.41) is 2.97. The van der Waals surface area contributed by atoms with Crippen molar-refractivity contribution in [2.45, 2.75) is 20.4 Å². The number of amides is 2. The lowest BCUT2D eigenvalue weighted by atomic mass is 10.0. The van der Waals surface area contributed by atoms with E-state index in [1.54, 1.807) is 0 Å². The predicted molar refractivity (Wildman–Crippen MR) is 107 cm³/mol. The van der Waals surface area contributed by atoms with Crippen LogP contribution >= 0.6 is 0 Å². The molecular formula is C22H27N3O2. The highest BCUT2D eigenvalue weighted by Crippen LogP contribution is 2.13. The zero-order chi connectivity index (χ0) is 19.2. The van der Waals surface area contributed by atoms with Crippen molar-refractivity contribution in [3.8, 4) is 0 Å². The Morgan fingerprint density at radius 2 is 1.67 bits per heavy atom. The van der Waals surface area contributed by atoms with Crippen molar-refractivity contribution in [3.63, 3.8) is 0 Å². The minimum Gasteiger partial charge on any atom is -0.334 e. The normalized spacial score (nSPS) is 14.8. The molecule has 0 unspecified atom stereocenters. The van der Waals surface area contributed by atoms with Crippen LogP contribution in [-0.4, -0.2) is 54.3 Å². The number of hydrogen-bond donors (Lipinski definition) is 1. The summed E-state index contributed by atoms with van der Waals surface area (Å²) in [4.78, 5) is 28.9. The van der Waals surface area contributed by atoms with Crippen LogP contribution in [0, 0.1) is 13.8 Å². The van der Waals surface area contributed by atoms with Crippen LogP contribution in [0.3, 0.4) is 0 Å². The standard InChI is InChI=1S/C22H27N3O2/c1-17-8-9-18(2)20(14-17)21(26)16-24-10-12-25(13-11-24)22(27)23-15-19-6-4-3-5-7-19/h3-9,14H,10-13,15-16H2,1-2H3,(H,23,27). The first-order chi connectivity index (χ1) is 13.0. The summed E-state index contributed by atoms with van der Waals surface area (Å²) < 4.78 is 0. The maximum absolute atomic E-state index is 12.6. The second kappa shape index (κ2) is 8.82. The first-order valence-electron chi connectivity index (χ1n) is 9.42. The number of Topliss-reactive ketones (excluding diaryl/α,β-unsaturated/α-hetero) is 1. The van der Waals surface area contributed by atoms with Gasteiger partial charge in [0.15, 0.2) is 5.78 Å². The van der Waals surface area contributed by atoms with Gasteiger partial charge in [0.2, 0.25) is 0 Å². The number of rotatable bonds is 5. The molecule has 0 saturated carbocycles. The second-order valence-electron chi connectivity index (χ2n) is 7.15. The van der Waals surface area contributed by atoms with E-state index in [4.69, 9.17) is 0 Å². The summed E-state index contributed by atoms with van der Waals surface area (Å²) in [6.45, 7) is 7.63. The van der Waals surface area contributed by atoms with Crippen LogP contribution in [0.1, 0.15) is 27.0 Å². The number of carbonyl (C=O) groups is 2. The van der Waals surface area contributed by atoms with Crippen molar-refractivity contribution >= 4 is 11.8 Å². The molecule has 0 spiro atoms. The van der Waals surface area contributed by atoms with Crippen molar-refractivity contribution in [3.05, 3.63) is 70.8 Å². The van der Waals surface area contributed by atoms with Crippen LogP contribution in [-0.2, 0) is 6.54 Å². The van der Waals surface area contributed by atoms with Gasteiger partial charge in [0.1, 0.15) is 0 Å². The van der Waals surface area contributed by atoms with Crippen molar-refractivity contribution < 1.29 is 9.59 Å². The topological polar surface area (TPSA) is 52.7 Å². The third-order valence-corrected chi connectivity index (χ3v) is 5.01. The van der Waals surface area contributed by atoms with Gasteiger partial charge < -0.3 is 10.2 Å². The van der Waals surface area contributed by atoms with Gasteiger partial charge in [-0.1, -0.05) is 48.0 Å². The fourth-order valence-electron chi connectivity index (χ4n) is 3.32. The Morgan fingerprint density at radius 3 is 2.37 bits per heavy atom. The number of urea groups is 1. The Labute approximate surface area is 161 Å². The molecule has 5 nitrogen and oxygen atoms in total. The molecule has 1 heterocycles. The first-order valence-corrected chi connectivity index (χ1v) is 9.42. The zero-order valence-electron chi connectivity index (χ0n) is 16.1. The average Bonchev–Trinajstić information content (AvgIpc) is 2.69. The van der Waals surface area contributed by atoms with Crippen LogP contribution in [0.2, 0.25) is 0 Å². The molecule has 0 bridgehead atoms. The van der Waals surface area contributed by atoms with Gasteiger partial charge in [-0.3, -0.25) is 9.69 Å². The maximum atomic E-state index is 12.6. The molecule has 1 N–H and O–H groups in total. The van der Waals surface area contributed by atoms with Gasteiger partial charge in [-0.15, -0.1) is 0 Å². The molecule has 0 atom stereocenters. The molecule has 0 radical (unpaired) electrons. The molecule has 1 saturated heterocycles. The van der Waals surface area contributed by atoms with Crippen LogP contribution in [0.15, 0.2) is 48.5 Å². The molecule has 1 aliphatic heterocycles. The van der Waals surface area contributed by atoms with Crippen LogP contribution in [0.4, 0.5) is 4.79 Å². The number of nitrogens with one attached hydrogen (secondary N) is 1. The molecule has 1 fully saturated rings. The number of piperazine rings is 1. The van der Waals surface area contributed by atoms with E-state index in [0.29, 0.717) is 26.2 Å². The van der Waals surface area contributed by atoms with Crippen molar-refractivity contribution in [2.75, 3.05) is 32.7 Å². The van der Waals surface area contributed by atoms with Gasteiger partial charge >= 0.3 is 6.03 Å². The van der Waals surface area contributed by atoms with E-state index >= 15 is 0 Å². The molecule has 142 valence electrons. The largest absolute Gasteiger partial charge is 0.334 e. The van der Waals surface area contributed by atoms with Crippen molar-refractivity contribution in [1.29, 1.82) is 0 Å². The molecule has 2 aromatic carbocycles. The molecule has 0 aliphatic carbocycles.